The second-order valence-corrected chi connectivity index (χ2v) is 5.00. The Morgan fingerprint density at radius 1 is 1.35 bits per heavy atom. The first-order chi connectivity index (χ1) is 8.17. The normalized spacial score (nSPS) is 13.2. The molecule has 0 saturated heterocycles. The van der Waals surface area contributed by atoms with E-state index >= 15 is 0 Å². The SMILES string of the molecule is CCCC(Cc1ncnn1CC(C)C)NCC. The van der Waals surface area contributed by atoms with E-state index in [1.165, 1.54) is 12.8 Å². The molecule has 98 valence electrons. The van der Waals surface area contributed by atoms with Crippen LogP contribution in [0.5, 0.6) is 0 Å². The zero-order chi connectivity index (χ0) is 12.7. The van der Waals surface area contributed by atoms with Gasteiger partial charge in [-0.25, -0.2) is 9.67 Å². The monoisotopic (exact) mass is 238 g/mol. The lowest BCUT2D eigenvalue weighted by atomic mass is 10.1. The van der Waals surface area contributed by atoms with Crippen LogP contribution in [0.3, 0.4) is 0 Å². The molecule has 1 rings (SSSR count). The number of likely N-dealkylation sites (N-methyl/N-ethyl adjacent to an activating group) is 1. The van der Waals surface area contributed by atoms with Crippen molar-refractivity contribution < 1.29 is 0 Å². The van der Waals surface area contributed by atoms with Crippen LogP contribution in [-0.4, -0.2) is 27.4 Å². The first kappa shape index (κ1) is 14.2. The molecule has 4 nitrogen and oxygen atoms in total. The van der Waals surface area contributed by atoms with Crippen molar-refractivity contribution in [1.82, 2.24) is 20.1 Å². The Labute approximate surface area is 105 Å². The van der Waals surface area contributed by atoms with E-state index in [9.17, 15) is 0 Å². The Balaban J connectivity index is 2.61. The van der Waals surface area contributed by atoms with Crippen molar-refractivity contribution >= 4 is 0 Å². The van der Waals surface area contributed by atoms with Crippen LogP contribution in [-0.2, 0) is 13.0 Å². The molecule has 0 spiro atoms. The molecule has 0 fully saturated rings. The molecule has 1 N–H and O–H groups in total. The summed E-state index contributed by atoms with van der Waals surface area (Å²) in [6.45, 7) is 10.8. The molecule has 1 aromatic rings. The first-order valence-electron chi connectivity index (χ1n) is 6.77. The summed E-state index contributed by atoms with van der Waals surface area (Å²) >= 11 is 0. The largest absolute Gasteiger partial charge is 0.314 e. The van der Waals surface area contributed by atoms with E-state index in [1.54, 1.807) is 6.33 Å². The summed E-state index contributed by atoms with van der Waals surface area (Å²) in [5.74, 6) is 1.72. The third-order valence-corrected chi connectivity index (χ3v) is 2.79. The zero-order valence-corrected chi connectivity index (χ0v) is 11.6. The van der Waals surface area contributed by atoms with Gasteiger partial charge >= 0.3 is 0 Å². The predicted molar refractivity (Wildman–Crippen MR) is 70.9 cm³/mol. The van der Waals surface area contributed by atoms with E-state index in [0.717, 1.165) is 25.3 Å². The van der Waals surface area contributed by atoms with Crippen LogP contribution in [0.2, 0.25) is 0 Å². The van der Waals surface area contributed by atoms with Crippen molar-refractivity contribution in [3.63, 3.8) is 0 Å². The Hall–Kier alpha value is -0.900. The van der Waals surface area contributed by atoms with Crippen LogP contribution in [0.1, 0.15) is 46.4 Å². The van der Waals surface area contributed by atoms with Crippen molar-refractivity contribution in [2.45, 2.75) is 59.5 Å². The second-order valence-electron chi connectivity index (χ2n) is 5.00. The molecule has 0 saturated carbocycles. The Morgan fingerprint density at radius 3 is 2.71 bits per heavy atom. The number of aromatic nitrogens is 3. The molecule has 0 amide bonds. The van der Waals surface area contributed by atoms with E-state index in [-0.39, 0.29) is 0 Å². The van der Waals surface area contributed by atoms with Gasteiger partial charge < -0.3 is 5.32 Å². The first-order valence-corrected chi connectivity index (χ1v) is 6.77. The van der Waals surface area contributed by atoms with Gasteiger partial charge in [0.2, 0.25) is 0 Å². The summed E-state index contributed by atoms with van der Waals surface area (Å²) in [5.41, 5.74) is 0. The number of hydrogen-bond acceptors (Lipinski definition) is 3. The van der Waals surface area contributed by atoms with Gasteiger partial charge in [-0.2, -0.15) is 5.10 Å². The number of rotatable bonds is 8. The van der Waals surface area contributed by atoms with Gasteiger partial charge in [0.1, 0.15) is 12.2 Å². The zero-order valence-electron chi connectivity index (χ0n) is 11.6. The fourth-order valence-electron chi connectivity index (χ4n) is 2.08. The molecule has 1 heterocycles. The van der Waals surface area contributed by atoms with Crippen LogP contribution in [0.15, 0.2) is 6.33 Å². The van der Waals surface area contributed by atoms with Crippen molar-refractivity contribution in [3.8, 4) is 0 Å². The molecular weight excluding hydrogens is 212 g/mol. The van der Waals surface area contributed by atoms with Gasteiger partial charge in [-0.3, -0.25) is 0 Å². The maximum Gasteiger partial charge on any atom is 0.138 e. The smallest absolute Gasteiger partial charge is 0.138 e. The molecule has 1 aromatic heterocycles. The molecule has 1 atom stereocenters. The lowest BCUT2D eigenvalue weighted by Gasteiger charge is -2.17. The number of nitrogens with zero attached hydrogens (tertiary/aromatic N) is 3. The van der Waals surface area contributed by atoms with Crippen LogP contribution in [0.25, 0.3) is 0 Å². The van der Waals surface area contributed by atoms with E-state index in [0.29, 0.717) is 12.0 Å². The summed E-state index contributed by atoms with van der Waals surface area (Å²) in [7, 11) is 0. The minimum Gasteiger partial charge on any atom is -0.314 e. The van der Waals surface area contributed by atoms with Crippen molar-refractivity contribution in [1.29, 1.82) is 0 Å². The fraction of sp³-hybridized carbons (Fsp3) is 0.846. The Kier molecular flexibility index (Phi) is 6.19. The minimum absolute atomic E-state index is 0.528. The number of nitrogens with one attached hydrogen (secondary N) is 1. The second kappa shape index (κ2) is 7.43. The van der Waals surface area contributed by atoms with Gasteiger partial charge in [0.25, 0.3) is 0 Å². The third-order valence-electron chi connectivity index (χ3n) is 2.79. The number of hydrogen-bond donors (Lipinski definition) is 1. The minimum atomic E-state index is 0.528. The topological polar surface area (TPSA) is 42.7 Å². The van der Waals surface area contributed by atoms with Crippen molar-refractivity contribution in [2.75, 3.05) is 6.54 Å². The molecule has 0 aliphatic rings. The summed E-state index contributed by atoms with van der Waals surface area (Å²) in [6.07, 6.45) is 5.05. The fourth-order valence-corrected chi connectivity index (χ4v) is 2.08. The van der Waals surface area contributed by atoms with E-state index in [4.69, 9.17) is 0 Å². The Morgan fingerprint density at radius 2 is 2.12 bits per heavy atom. The van der Waals surface area contributed by atoms with E-state index in [2.05, 4.69) is 43.1 Å². The standard InChI is InChI=1S/C13H26N4/c1-5-7-12(14-6-2)8-13-15-10-16-17(13)9-11(3)4/h10-12,14H,5-9H2,1-4H3. The molecule has 0 aliphatic carbocycles. The van der Waals surface area contributed by atoms with Crippen molar-refractivity contribution in [2.24, 2.45) is 5.92 Å². The summed E-state index contributed by atoms with van der Waals surface area (Å²) in [5, 5.41) is 7.83. The van der Waals surface area contributed by atoms with Crippen LogP contribution in [0.4, 0.5) is 0 Å². The summed E-state index contributed by atoms with van der Waals surface area (Å²) < 4.78 is 2.05. The molecule has 4 heteroatoms. The highest BCUT2D eigenvalue weighted by Gasteiger charge is 2.12. The highest BCUT2D eigenvalue weighted by Crippen LogP contribution is 2.07. The van der Waals surface area contributed by atoms with E-state index < -0.39 is 0 Å². The third kappa shape index (κ3) is 4.86. The van der Waals surface area contributed by atoms with E-state index in [1.807, 2.05) is 4.68 Å². The maximum atomic E-state index is 4.39. The average Bonchev–Trinajstić information content (AvgIpc) is 2.65. The maximum absolute atomic E-state index is 4.39. The van der Waals surface area contributed by atoms with Crippen LogP contribution in [0, 0.1) is 5.92 Å². The lowest BCUT2D eigenvalue weighted by molar-refractivity contribution is 0.430. The average molecular weight is 238 g/mol. The summed E-state index contributed by atoms with van der Waals surface area (Å²) in [6, 6.07) is 0.528. The molecule has 17 heavy (non-hydrogen) atoms. The molecule has 0 aliphatic heterocycles. The molecular formula is C13H26N4. The Bertz CT molecular complexity index is 300. The van der Waals surface area contributed by atoms with Crippen LogP contribution < -0.4 is 5.32 Å². The van der Waals surface area contributed by atoms with Crippen LogP contribution >= 0.6 is 0 Å². The van der Waals surface area contributed by atoms with Gasteiger partial charge in [-0.15, -0.1) is 0 Å². The summed E-state index contributed by atoms with van der Waals surface area (Å²) in [4.78, 5) is 4.39. The highest BCUT2D eigenvalue weighted by molar-refractivity contribution is 4.90. The van der Waals surface area contributed by atoms with Gasteiger partial charge in [0.15, 0.2) is 0 Å². The quantitative estimate of drug-likeness (QED) is 0.755. The van der Waals surface area contributed by atoms with Crippen molar-refractivity contribution in [3.05, 3.63) is 12.2 Å². The highest BCUT2D eigenvalue weighted by atomic mass is 15.3. The van der Waals surface area contributed by atoms with Gasteiger partial charge in [-0.05, 0) is 18.9 Å². The van der Waals surface area contributed by atoms with Gasteiger partial charge in [-0.1, -0.05) is 34.1 Å². The molecule has 0 bridgehead atoms. The lowest BCUT2D eigenvalue weighted by Crippen LogP contribution is -2.32. The van der Waals surface area contributed by atoms with Gasteiger partial charge in [0.05, 0.1) is 0 Å². The predicted octanol–water partition coefficient (Wildman–Crippen LogP) is 2.25. The molecule has 1 unspecified atom stereocenters. The molecule has 0 aromatic carbocycles. The van der Waals surface area contributed by atoms with Gasteiger partial charge in [0, 0.05) is 19.0 Å². The molecule has 0 radical (unpaired) electrons.